The summed E-state index contributed by atoms with van der Waals surface area (Å²) in [6.07, 6.45) is 0.328. The second kappa shape index (κ2) is 19.3. The van der Waals surface area contributed by atoms with Crippen molar-refractivity contribution in [3.05, 3.63) is 78.4 Å². The minimum Gasteiger partial charge on any atom is -0.496 e. The van der Waals surface area contributed by atoms with Crippen LogP contribution in [0.3, 0.4) is 0 Å². The molecule has 0 saturated heterocycles. The molecule has 40 heavy (non-hydrogen) atoms. The van der Waals surface area contributed by atoms with Crippen molar-refractivity contribution in [1.29, 1.82) is 0 Å². The summed E-state index contributed by atoms with van der Waals surface area (Å²) >= 11 is 0. The smallest absolute Gasteiger partial charge is 0.496 e. The summed E-state index contributed by atoms with van der Waals surface area (Å²) in [5.41, 5.74) is 0.833. The van der Waals surface area contributed by atoms with Gasteiger partial charge < -0.3 is 33.3 Å². The van der Waals surface area contributed by atoms with E-state index in [1.165, 1.54) is 7.11 Å². The number of rotatable bonds is 16. The molecule has 8 nitrogen and oxygen atoms in total. The Labute approximate surface area is 260 Å². The van der Waals surface area contributed by atoms with E-state index in [4.69, 9.17) is 28.4 Å². The van der Waals surface area contributed by atoms with E-state index >= 15 is 0 Å². The number of carbonyl (C=O) groups excluding carboxylic acids is 1. The Balaban J connectivity index is 0.00000400. The number of methoxy groups -OCH3 is 2. The summed E-state index contributed by atoms with van der Waals surface area (Å²) in [6.45, 7) is 1.96. The molecule has 0 aliphatic carbocycles. The number of para-hydroxylation sites is 1. The van der Waals surface area contributed by atoms with Crippen molar-refractivity contribution in [2.75, 3.05) is 54.7 Å². The monoisotopic (exact) mass is 562 g/mol. The number of benzene rings is 3. The molecule has 0 amide bonds. The van der Waals surface area contributed by atoms with Gasteiger partial charge in [-0.05, 0) is 62.1 Å². The number of esters is 1. The normalized spacial score (nSPS) is 11.0. The van der Waals surface area contributed by atoms with Gasteiger partial charge >= 0.3 is 35.5 Å². The molecule has 0 heterocycles. The summed E-state index contributed by atoms with van der Waals surface area (Å²) in [6, 6.07) is 22.7. The molecule has 3 aromatic rings. The summed E-state index contributed by atoms with van der Waals surface area (Å²) < 4.78 is 33.7. The number of ether oxygens (including phenoxy) is 6. The molecule has 0 spiro atoms. The molecule has 0 bridgehead atoms. The third kappa shape index (κ3) is 12.2. The van der Waals surface area contributed by atoms with Gasteiger partial charge in [-0.1, -0.05) is 31.7 Å². The Morgan fingerprint density at radius 2 is 1.40 bits per heavy atom. The fourth-order valence-electron chi connectivity index (χ4n) is 3.54. The van der Waals surface area contributed by atoms with E-state index in [9.17, 15) is 4.79 Å². The van der Waals surface area contributed by atoms with Gasteiger partial charge in [0.25, 0.3) is 0 Å². The summed E-state index contributed by atoms with van der Waals surface area (Å²) in [5.74, 6) is 3.22. The number of hydrogen-bond acceptors (Lipinski definition) is 8. The second-order valence-electron chi connectivity index (χ2n) is 8.81. The van der Waals surface area contributed by atoms with Crippen molar-refractivity contribution >= 4 is 5.97 Å². The van der Waals surface area contributed by atoms with E-state index in [0.29, 0.717) is 50.7 Å². The van der Waals surface area contributed by atoms with E-state index in [-0.39, 0.29) is 37.0 Å². The molecule has 0 aliphatic heterocycles. The van der Waals surface area contributed by atoms with Crippen LogP contribution in [-0.2, 0) is 20.7 Å². The largest absolute Gasteiger partial charge is 1.00 e. The number of hydrogen-bond donors (Lipinski definition) is 0. The molecule has 0 N–H and O–H groups in total. The van der Waals surface area contributed by atoms with Crippen LogP contribution in [0.4, 0.5) is 0 Å². The van der Waals surface area contributed by atoms with Gasteiger partial charge in [0.1, 0.15) is 35.4 Å². The first-order chi connectivity index (χ1) is 18.5. The minimum atomic E-state index is -0.714. The van der Waals surface area contributed by atoms with Gasteiger partial charge in [-0.3, -0.25) is 0 Å². The van der Waals surface area contributed by atoms with Crippen LogP contribution in [0.2, 0.25) is 0 Å². The maximum Gasteiger partial charge on any atom is 1.00 e. The van der Waals surface area contributed by atoms with Gasteiger partial charge in [0.05, 0.1) is 20.3 Å². The van der Waals surface area contributed by atoms with Crippen molar-refractivity contribution in [2.24, 2.45) is 0 Å². The standard InChI is InChI=1S/C30H37NO7.CH4.Na/c1-31(2)17-20-37-30(32)29(34-4)21-23-11-12-27(22-28(23)33-3)36-19-8-18-35-24-13-15-26(16-14-24)38-25-9-6-5-7-10-25;;/h5-7,9-16,22,29H,8,17-21H2,1-4H3;1H4;/q;;+1/t29-;;/m0../s1. The number of carbonyl (C=O) groups is 1. The summed E-state index contributed by atoms with van der Waals surface area (Å²) in [7, 11) is 6.93. The molecule has 3 rings (SSSR count). The molecule has 0 saturated carbocycles. The Morgan fingerprint density at radius 1 is 0.800 bits per heavy atom. The molecule has 1 atom stereocenters. The minimum absolute atomic E-state index is 0. The Kier molecular flexibility index (Phi) is 17.1. The zero-order valence-electron chi connectivity index (χ0n) is 23.6. The van der Waals surface area contributed by atoms with Crippen LogP contribution in [0, 0.1) is 0 Å². The molecule has 212 valence electrons. The van der Waals surface area contributed by atoms with Crippen molar-refractivity contribution in [3.8, 4) is 28.7 Å². The van der Waals surface area contributed by atoms with Gasteiger partial charge in [0, 0.05) is 32.6 Å². The first kappa shape index (κ1) is 35.3. The van der Waals surface area contributed by atoms with Crippen LogP contribution in [0.1, 0.15) is 19.4 Å². The van der Waals surface area contributed by atoms with Gasteiger partial charge in [-0.25, -0.2) is 4.79 Å². The zero-order chi connectivity index (χ0) is 27.2. The Bertz CT molecular complexity index is 1110. The summed E-state index contributed by atoms with van der Waals surface area (Å²) in [5, 5.41) is 0. The molecule has 0 fully saturated rings. The van der Waals surface area contributed by atoms with Crippen molar-refractivity contribution in [3.63, 3.8) is 0 Å². The number of nitrogens with zero attached hydrogens (tertiary/aromatic N) is 1. The van der Waals surface area contributed by atoms with Crippen molar-refractivity contribution < 1.29 is 62.8 Å². The van der Waals surface area contributed by atoms with Crippen molar-refractivity contribution in [2.45, 2.75) is 26.4 Å². The third-order valence-corrected chi connectivity index (χ3v) is 5.62. The van der Waals surface area contributed by atoms with E-state index in [1.54, 1.807) is 7.11 Å². The second-order valence-corrected chi connectivity index (χ2v) is 8.81. The quantitative estimate of drug-likeness (QED) is 0.150. The predicted molar refractivity (Wildman–Crippen MR) is 152 cm³/mol. The van der Waals surface area contributed by atoms with Crippen molar-refractivity contribution in [1.82, 2.24) is 4.90 Å². The molecule has 3 aromatic carbocycles. The van der Waals surface area contributed by atoms with Gasteiger partial charge in [-0.2, -0.15) is 0 Å². The van der Waals surface area contributed by atoms with E-state index < -0.39 is 12.1 Å². The predicted octanol–water partition coefficient (Wildman–Crippen LogP) is 2.64. The van der Waals surface area contributed by atoms with Gasteiger partial charge in [0.15, 0.2) is 6.10 Å². The van der Waals surface area contributed by atoms with Crippen LogP contribution in [0.25, 0.3) is 0 Å². The van der Waals surface area contributed by atoms with Gasteiger partial charge in [0.2, 0.25) is 0 Å². The molecule has 0 radical (unpaired) electrons. The average molecular weight is 563 g/mol. The first-order valence-corrected chi connectivity index (χ1v) is 12.6. The fourth-order valence-corrected chi connectivity index (χ4v) is 3.54. The fraction of sp³-hybridized carbons (Fsp3) is 0.387. The Hall–Kier alpha value is -2.75. The maximum atomic E-state index is 12.4. The molecule has 9 heteroatoms. The third-order valence-electron chi connectivity index (χ3n) is 5.62. The molecule has 0 aliphatic rings. The van der Waals surface area contributed by atoms with E-state index in [2.05, 4.69) is 0 Å². The molecule has 0 unspecified atom stereocenters. The van der Waals surface area contributed by atoms with Gasteiger partial charge in [-0.15, -0.1) is 0 Å². The average Bonchev–Trinajstić information content (AvgIpc) is 2.93. The topological polar surface area (TPSA) is 75.7 Å². The SMILES string of the molecule is C.COc1cc(OCCCOc2ccc(Oc3ccccc3)cc2)ccc1C[C@H](OC)C(=O)OCCN(C)C.[Na+]. The van der Waals surface area contributed by atoms with E-state index in [1.807, 2.05) is 91.8 Å². The molecular formula is C31H41NNaO7+. The Morgan fingerprint density at radius 3 is 2.02 bits per heavy atom. The van der Waals surface area contributed by atoms with Crippen LogP contribution < -0.4 is 48.5 Å². The van der Waals surface area contributed by atoms with Crippen LogP contribution in [0.15, 0.2) is 72.8 Å². The van der Waals surface area contributed by atoms with Crippen LogP contribution in [-0.4, -0.2) is 71.7 Å². The zero-order valence-corrected chi connectivity index (χ0v) is 25.6. The van der Waals surface area contributed by atoms with E-state index in [0.717, 1.165) is 22.8 Å². The summed E-state index contributed by atoms with van der Waals surface area (Å²) in [4.78, 5) is 14.3. The van der Waals surface area contributed by atoms with Crippen LogP contribution >= 0.6 is 0 Å². The number of likely N-dealkylation sites (N-methyl/N-ethyl adjacent to an activating group) is 1. The maximum absolute atomic E-state index is 12.4. The first-order valence-electron chi connectivity index (χ1n) is 12.6. The molecular weight excluding hydrogens is 521 g/mol. The van der Waals surface area contributed by atoms with Crippen LogP contribution in [0.5, 0.6) is 28.7 Å². The molecule has 0 aromatic heterocycles.